The highest BCUT2D eigenvalue weighted by atomic mass is 79.9. The number of hydrogen-bond acceptors (Lipinski definition) is 6. The molecule has 0 aliphatic carbocycles. The molecule has 1 amide bonds. The first-order valence-corrected chi connectivity index (χ1v) is 11.4. The van der Waals surface area contributed by atoms with Crippen LogP contribution in [0.3, 0.4) is 0 Å². The largest absolute Gasteiger partial charge is 0.489 e. The molecule has 4 rings (SSSR count). The van der Waals surface area contributed by atoms with Gasteiger partial charge in [-0.2, -0.15) is 0 Å². The molecule has 160 valence electrons. The molecular formula is C23H15BrN2O4S2. The van der Waals surface area contributed by atoms with Crippen LogP contribution in [0.15, 0.2) is 82.2 Å². The van der Waals surface area contributed by atoms with E-state index in [4.69, 9.17) is 17.0 Å². The summed E-state index contributed by atoms with van der Waals surface area (Å²) in [5.41, 5.74) is 2.45. The monoisotopic (exact) mass is 526 g/mol. The van der Waals surface area contributed by atoms with Crippen molar-refractivity contribution >= 4 is 67.6 Å². The number of ether oxygens (including phenoxy) is 1. The third-order valence-corrected chi connectivity index (χ3v) is 6.39. The van der Waals surface area contributed by atoms with Gasteiger partial charge in [-0.15, -0.1) is 0 Å². The standard InChI is InChI=1S/C23H15BrN2O4S2/c24-17-2-1-3-19(13-17)25-22(27)21(32-23(25)31)12-15-6-10-20(11-7-15)30-14-16-4-8-18(9-5-16)26(28)29/h1-13H,14H2/b21-12+. The summed E-state index contributed by atoms with van der Waals surface area (Å²) in [6, 6.07) is 21.0. The van der Waals surface area contributed by atoms with Gasteiger partial charge in [0.2, 0.25) is 0 Å². The predicted molar refractivity (Wildman–Crippen MR) is 134 cm³/mol. The molecule has 0 unspecified atom stereocenters. The number of nitro benzene ring substituents is 1. The minimum Gasteiger partial charge on any atom is -0.489 e. The minimum atomic E-state index is -0.435. The van der Waals surface area contributed by atoms with Gasteiger partial charge in [0.05, 0.1) is 15.5 Å². The number of nitrogens with zero attached hydrogens (tertiary/aromatic N) is 2. The van der Waals surface area contributed by atoms with Crippen molar-refractivity contribution in [1.82, 2.24) is 0 Å². The summed E-state index contributed by atoms with van der Waals surface area (Å²) in [5, 5.41) is 10.7. The maximum Gasteiger partial charge on any atom is 0.270 e. The van der Waals surface area contributed by atoms with E-state index in [1.807, 2.05) is 48.5 Å². The number of nitro groups is 1. The highest BCUT2D eigenvalue weighted by molar-refractivity contribution is 9.10. The number of benzene rings is 3. The van der Waals surface area contributed by atoms with Crippen LogP contribution in [0.4, 0.5) is 11.4 Å². The van der Waals surface area contributed by atoms with E-state index in [0.29, 0.717) is 21.6 Å². The zero-order valence-corrected chi connectivity index (χ0v) is 19.7. The second kappa shape index (κ2) is 9.64. The highest BCUT2D eigenvalue weighted by Gasteiger charge is 2.33. The van der Waals surface area contributed by atoms with Gasteiger partial charge in [0.15, 0.2) is 4.32 Å². The molecule has 0 atom stereocenters. The van der Waals surface area contributed by atoms with Crippen molar-refractivity contribution < 1.29 is 14.5 Å². The second-order valence-corrected chi connectivity index (χ2v) is 9.37. The minimum absolute atomic E-state index is 0.0448. The van der Waals surface area contributed by atoms with Crippen LogP contribution < -0.4 is 9.64 Å². The topological polar surface area (TPSA) is 72.7 Å². The lowest BCUT2D eigenvalue weighted by Gasteiger charge is -2.14. The molecule has 9 heteroatoms. The molecule has 0 spiro atoms. The van der Waals surface area contributed by atoms with E-state index in [2.05, 4.69) is 15.9 Å². The zero-order chi connectivity index (χ0) is 22.7. The van der Waals surface area contributed by atoms with Crippen LogP contribution in [-0.2, 0) is 11.4 Å². The number of halogens is 1. The Morgan fingerprint density at radius 2 is 1.81 bits per heavy atom. The fraction of sp³-hybridized carbons (Fsp3) is 0.0435. The van der Waals surface area contributed by atoms with E-state index in [1.165, 1.54) is 28.8 Å². The van der Waals surface area contributed by atoms with Gasteiger partial charge >= 0.3 is 0 Å². The number of carbonyl (C=O) groups excluding carboxylic acids is 1. The van der Waals surface area contributed by atoms with Crippen molar-refractivity contribution in [1.29, 1.82) is 0 Å². The summed E-state index contributed by atoms with van der Waals surface area (Å²) >= 11 is 10.1. The number of thiocarbonyl (C=S) groups is 1. The number of hydrogen-bond donors (Lipinski definition) is 0. The fourth-order valence-corrected chi connectivity index (χ4v) is 4.68. The van der Waals surface area contributed by atoms with Crippen molar-refractivity contribution in [3.05, 3.63) is 103 Å². The molecule has 0 radical (unpaired) electrons. The smallest absolute Gasteiger partial charge is 0.270 e. The molecule has 0 N–H and O–H groups in total. The van der Waals surface area contributed by atoms with Crippen LogP contribution >= 0.6 is 39.9 Å². The Bertz CT molecular complexity index is 1230. The first-order chi connectivity index (χ1) is 15.4. The lowest BCUT2D eigenvalue weighted by atomic mass is 10.2. The van der Waals surface area contributed by atoms with Gasteiger partial charge in [0.25, 0.3) is 11.6 Å². The molecule has 6 nitrogen and oxygen atoms in total. The molecule has 1 heterocycles. The average molecular weight is 527 g/mol. The highest BCUT2D eigenvalue weighted by Crippen LogP contribution is 2.36. The van der Waals surface area contributed by atoms with Crippen molar-refractivity contribution in [2.75, 3.05) is 4.90 Å². The van der Waals surface area contributed by atoms with E-state index >= 15 is 0 Å². The summed E-state index contributed by atoms with van der Waals surface area (Å²) in [6.07, 6.45) is 1.80. The van der Waals surface area contributed by atoms with Crippen LogP contribution in [-0.4, -0.2) is 15.2 Å². The van der Waals surface area contributed by atoms with Crippen LogP contribution in [0.5, 0.6) is 5.75 Å². The Morgan fingerprint density at radius 3 is 2.47 bits per heavy atom. The molecule has 1 aliphatic heterocycles. The Kier molecular flexibility index (Phi) is 6.69. The van der Waals surface area contributed by atoms with E-state index < -0.39 is 4.92 Å². The summed E-state index contributed by atoms with van der Waals surface area (Å²) < 4.78 is 7.11. The van der Waals surface area contributed by atoms with Crippen LogP contribution in [0, 0.1) is 10.1 Å². The summed E-state index contributed by atoms with van der Waals surface area (Å²) in [4.78, 5) is 25.3. The van der Waals surface area contributed by atoms with Gasteiger partial charge < -0.3 is 4.74 Å². The van der Waals surface area contributed by atoms with Crippen molar-refractivity contribution in [3.8, 4) is 5.75 Å². The van der Waals surface area contributed by atoms with Gasteiger partial charge in [-0.05, 0) is 59.7 Å². The molecular weight excluding hydrogens is 512 g/mol. The number of anilines is 1. The van der Waals surface area contributed by atoms with Gasteiger partial charge in [-0.1, -0.05) is 58.1 Å². The average Bonchev–Trinajstić information content (AvgIpc) is 3.06. The third-order valence-electron chi connectivity index (χ3n) is 4.59. The molecule has 1 fully saturated rings. The fourth-order valence-electron chi connectivity index (χ4n) is 3.00. The number of thioether (sulfide) groups is 1. The molecule has 0 aromatic heterocycles. The van der Waals surface area contributed by atoms with Crippen molar-refractivity contribution in [3.63, 3.8) is 0 Å². The van der Waals surface area contributed by atoms with Crippen molar-refractivity contribution in [2.45, 2.75) is 6.61 Å². The van der Waals surface area contributed by atoms with Crippen LogP contribution in [0.25, 0.3) is 6.08 Å². The number of rotatable bonds is 6. The van der Waals surface area contributed by atoms with E-state index in [1.54, 1.807) is 18.2 Å². The number of amides is 1. The Hall–Kier alpha value is -3.01. The molecule has 0 bridgehead atoms. The Balaban J connectivity index is 1.42. The molecule has 3 aromatic carbocycles. The number of carbonyl (C=O) groups is 1. The lowest BCUT2D eigenvalue weighted by molar-refractivity contribution is -0.384. The lowest BCUT2D eigenvalue weighted by Crippen LogP contribution is -2.27. The van der Waals surface area contributed by atoms with Gasteiger partial charge in [0, 0.05) is 16.6 Å². The molecule has 1 aliphatic rings. The first kappa shape index (κ1) is 22.2. The maximum atomic E-state index is 12.9. The molecule has 1 saturated heterocycles. The molecule has 3 aromatic rings. The van der Waals surface area contributed by atoms with E-state index in [9.17, 15) is 14.9 Å². The van der Waals surface area contributed by atoms with E-state index in [-0.39, 0.29) is 11.6 Å². The normalized spacial score (nSPS) is 14.8. The quantitative estimate of drug-likeness (QED) is 0.161. The molecule has 0 saturated carbocycles. The van der Waals surface area contributed by atoms with Gasteiger partial charge in [0.1, 0.15) is 12.4 Å². The predicted octanol–water partition coefficient (Wildman–Crippen LogP) is 6.34. The van der Waals surface area contributed by atoms with Crippen LogP contribution in [0.1, 0.15) is 11.1 Å². The maximum absolute atomic E-state index is 12.9. The van der Waals surface area contributed by atoms with Gasteiger partial charge in [-0.25, -0.2) is 0 Å². The Morgan fingerprint density at radius 1 is 1.09 bits per heavy atom. The molecule has 32 heavy (non-hydrogen) atoms. The van der Waals surface area contributed by atoms with Gasteiger partial charge in [-0.3, -0.25) is 19.8 Å². The van der Waals surface area contributed by atoms with Crippen molar-refractivity contribution in [2.24, 2.45) is 0 Å². The summed E-state index contributed by atoms with van der Waals surface area (Å²) in [7, 11) is 0. The zero-order valence-electron chi connectivity index (χ0n) is 16.4. The van der Waals surface area contributed by atoms with Crippen LogP contribution in [0.2, 0.25) is 0 Å². The first-order valence-electron chi connectivity index (χ1n) is 9.40. The summed E-state index contributed by atoms with van der Waals surface area (Å²) in [5.74, 6) is 0.499. The second-order valence-electron chi connectivity index (χ2n) is 6.78. The van der Waals surface area contributed by atoms with E-state index in [0.717, 1.165) is 21.3 Å². The number of non-ortho nitro benzene ring substituents is 1. The Labute approximate surface area is 202 Å². The summed E-state index contributed by atoms with van der Waals surface area (Å²) in [6.45, 7) is 0.294. The SMILES string of the molecule is O=C1/C(=C\c2ccc(OCc3ccc([N+](=O)[O-])cc3)cc2)SC(=S)N1c1cccc(Br)c1. The third kappa shape index (κ3) is 5.07.